The molecule has 8 nitrogen and oxygen atoms in total. The molecule has 1 amide bonds. The maximum Gasteiger partial charge on any atom is 0.259 e. The topological polar surface area (TPSA) is 105 Å². The molecule has 1 aliphatic heterocycles. The Kier molecular flexibility index (Phi) is 5.54. The summed E-state index contributed by atoms with van der Waals surface area (Å²) in [6, 6.07) is 0.135. The summed E-state index contributed by atoms with van der Waals surface area (Å²) in [6.45, 7) is 3.54. The molecule has 1 fully saturated rings. The van der Waals surface area contributed by atoms with Crippen LogP contribution in [0.25, 0.3) is 0 Å². The number of rotatable bonds is 6. The van der Waals surface area contributed by atoms with E-state index in [9.17, 15) is 13.2 Å². The predicted octanol–water partition coefficient (Wildman–Crippen LogP) is -0.735. The van der Waals surface area contributed by atoms with Crippen molar-refractivity contribution in [2.24, 2.45) is 7.05 Å². The SMILES string of the molecule is Cc1nc(S(=O)(=O)NCCC(=O)N[C@H]2CCCNC2)cn1C. The van der Waals surface area contributed by atoms with Gasteiger partial charge in [0.2, 0.25) is 5.91 Å². The van der Waals surface area contributed by atoms with Crippen LogP contribution in [-0.2, 0) is 21.9 Å². The van der Waals surface area contributed by atoms with Crippen molar-refractivity contribution in [2.75, 3.05) is 19.6 Å². The average Bonchev–Trinajstić information content (AvgIpc) is 2.80. The highest BCUT2D eigenvalue weighted by molar-refractivity contribution is 7.89. The van der Waals surface area contributed by atoms with Crippen LogP contribution < -0.4 is 15.4 Å². The van der Waals surface area contributed by atoms with Crippen LogP contribution >= 0.6 is 0 Å². The van der Waals surface area contributed by atoms with Gasteiger partial charge in [0, 0.05) is 38.8 Å². The van der Waals surface area contributed by atoms with Crippen LogP contribution in [0.3, 0.4) is 0 Å². The second-order valence-corrected chi connectivity index (χ2v) is 7.21. The van der Waals surface area contributed by atoms with E-state index < -0.39 is 10.0 Å². The predicted molar refractivity (Wildman–Crippen MR) is 81.8 cm³/mol. The molecule has 0 spiro atoms. The van der Waals surface area contributed by atoms with Crippen molar-refractivity contribution in [2.45, 2.75) is 37.3 Å². The van der Waals surface area contributed by atoms with Gasteiger partial charge >= 0.3 is 0 Å². The van der Waals surface area contributed by atoms with Crippen LogP contribution in [0.5, 0.6) is 0 Å². The fourth-order valence-corrected chi connectivity index (χ4v) is 3.37. The number of nitrogens with one attached hydrogen (secondary N) is 3. The largest absolute Gasteiger partial charge is 0.352 e. The maximum atomic E-state index is 12.0. The van der Waals surface area contributed by atoms with E-state index in [4.69, 9.17) is 0 Å². The van der Waals surface area contributed by atoms with Gasteiger partial charge in [-0.2, -0.15) is 0 Å². The second-order valence-electron chi connectivity index (χ2n) is 5.50. The zero-order valence-corrected chi connectivity index (χ0v) is 13.7. The van der Waals surface area contributed by atoms with E-state index in [1.165, 1.54) is 6.20 Å². The highest BCUT2D eigenvalue weighted by Gasteiger charge is 2.19. The van der Waals surface area contributed by atoms with Crippen molar-refractivity contribution >= 4 is 15.9 Å². The van der Waals surface area contributed by atoms with Crippen LogP contribution in [0, 0.1) is 6.92 Å². The number of aromatic nitrogens is 2. The van der Waals surface area contributed by atoms with Gasteiger partial charge < -0.3 is 15.2 Å². The fraction of sp³-hybridized carbons (Fsp3) is 0.692. The number of hydrogen-bond donors (Lipinski definition) is 3. The normalized spacial score (nSPS) is 19.1. The molecular formula is C13H23N5O3S. The molecule has 9 heteroatoms. The molecule has 1 aliphatic rings. The van der Waals surface area contributed by atoms with Gasteiger partial charge in [-0.05, 0) is 26.3 Å². The van der Waals surface area contributed by atoms with Gasteiger partial charge in [-0.15, -0.1) is 0 Å². The summed E-state index contributed by atoms with van der Waals surface area (Å²) in [7, 11) is -1.94. The molecule has 2 rings (SSSR count). The number of aryl methyl sites for hydroxylation is 2. The van der Waals surface area contributed by atoms with Gasteiger partial charge in [0.15, 0.2) is 5.03 Å². The van der Waals surface area contributed by atoms with Crippen LogP contribution in [0.1, 0.15) is 25.1 Å². The van der Waals surface area contributed by atoms with Gasteiger partial charge in [0.05, 0.1) is 0 Å². The highest BCUT2D eigenvalue weighted by Crippen LogP contribution is 2.07. The van der Waals surface area contributed by atoms with Crippen molar-refractivity contribution in [3.8, 4) is 0 Å². The molecule has 0 aliphatic carbocycles. The maximum absolute atomic E-state index is 12.0. The molecule has 3 N–H and O–H groups in total. The molecule has 0 bridgehead atoms. The molecule has 1 aromatic rings. The third-order valence-corrected chi connectivity index (χ3v) is 5.00. The molecule has 1 saturated heterocycles. The van der Waals surface area contributed by atoms with Gasteiger partial charge in [0.1, 0.15) is 5.82 Å². The monoisotopic (exact) mass is 329 g/mol. The molecule has 1 atom stereocenters. The lowest BCUT2D eigenvalue weighted by Crippen LogP contribution is -2.46. The Balaban J connectivity index is 1.78. The minimum atomic E-state index is -3.66. The lowest BCUT2D eigenvalue weighted by atomic mass is 10.1. The quantitative estimate of drug-likeness (QED) is 0.638. The van der Waals surface area contributed by atoms with Crippen LogP contribution in [-0.4, -0.2) is 49.6 Å². The van der Waals surface area contributed by atoms with E-state index in [-0.39, 0.29) is 29.9 Å². The summed E-state index contributed by atoms with van der Waals surface area (Å²) in [5, 5.41) is 6.09. The number of amides is 1. The first kappa shape index (κ1) is 16.9. The third-order valence-electron chi connectivity index (χ3n) is 3.67. The van der Waals surface area contributed by atoms with E-state index >= 15 is 0 Å². The number of carbonyl (C=O) groups excluding carboxylic acids is 1. The molecule has 1 aromatic heterocycles. The first-order valence-corrected chi connectivity index (χ1v) is 8.86. The minimum absolute atomic E-state index is 0.0237. The van der Waals surface area contributed by atoms with Gasteiger partial charge in [-0.1, -0.05) is 0 Å². The van der Waals surface area contributed by atoms with E-state index in [1.807, 2.05) is 0 Å². The lowest BCUT2D eigenvalue weighted by molar-refractivity contribution is -0.121. The van der Waals surface area contributed by atoms with E-state index in [0.29, 0.717) is 5.82 Å². The minimum Gasteiger partial charge on any atom is -0.352 e. The number of sulfonamides is 1. The number of piperidine rings is 1. The second kappa shape index (κ2) is 7.21. The smallest absolute Gasteiger partial charge is 0.259 e. The van der Waals surface area contributed by atoms with Crippen molar-refractivity contribution in [3.05, 3.63) is 12.0 Å². The van der Waals surface area contributed by atoms with Gasteiger partial charge in [-0.25, -0.2) is 18.1 Å². The third kappa shape index (κ3) is 4.52. The number of hydrogen-bond acceptors (Lipinski definition) is 5. The summed E-state index contributed by atoms with van der Waals surface area (Å²) >= 11 is 0. The fourth-order valence-electron chi connectivity index (χ4n) is 2.30. The molecule has 0 aromatic carbocycles. The first-order chi connectivity index (χ1) is 10.4. The van der Waals surface area contributed by atoms with Crippen molar-refractivity contribution < 1.29 is 13.2 Å². The summed E-state index contributed by atoms with van der Waals surface area (Å²) in [6.07, 6.45) is 3.56. The number of carbonyl (C=O) groups is 1. The van der Waals surface area contributed by atoms with Crippen molar-refractivity contribution in [3.63, 3.8) is 0 Å². The Morgan fingerprint density at radius 1 is 1.55 bits per heavy atom. The van der Waals surface area contributed by atoms with Crippen molar-refractivity contribution in [1.29, 1.82) is 0 Å². The van der Waals surface area contributed by atoms with Crippen molar-refractivity contribution in [1.82, 2.24) is 24.9 Å². The zero-order chi connectivity index (χ0) is 16.2. The average molecular weight is 329 g/mol. The Morgan fingerprint density at radius 3 is 2.91 bits per heavy atom. The first-order valence-electron chi connectivity index (χ1n) is 7.38. The van der Waals surface area contributed by atoms with E-state index in [2.05, 4.69) is 20.3 Å². The zero-order valence-electron chi connectivity index (χ0n) is 12.9. The molecule has 0 saturated carbocycles. The highest BCUT2D eigenvalue weighted by atomic mass is 32.2. The van der Waals surface area contributed by atoms with Crippen LogP contribution in [0.4, 0.5) is 0 Å². The Hall–Kier alpha value is -1.45. The van der Waals surface area contributed by atoms with E-state index in [1.54, 1.807) is 18.5 Å². The Morgan fingerprint density at radius 2 is 2.32 bits per heavy atom. The Labute approximate surface area is 130 Å². The summed E-state index contributed by atoms with van der Waals surface area (Å²) in [4.78, 5) is 15.8. The summed E-state index contributed by atoms with van der Waals surface area (Å²) in [5.41, 5.74) is 0. The van der Waals surface area contributed by atoms with Crippen LogP contribution in [0.15, 0.2) is 11.2 Å². The van der Waals surface area contributed by atoms with Gasteiger partial charge in [0.25, 0.3) is 10.0 Å². The molecule has 2 heterocycles. The van der Waals surface area contributed by atoms with E-state index in [0.717, 1.165) is 25.9 Å². The molecular weight excluding hydrogens is 306 g/mol. The molecule has 0 radical (unpaired) electrons. The molecule has 22 heavy (non-hydrogen) atoms. The molecule has 0 unspecified atom stereocenters. The lowest BCUT2D eigenvalue weighted by Gasteiger charge is -2.23. The van der Waals surface area contributed by atoms with Gasteiger partial charge in [-0.3, -0.25) is 4.79 Å². The Bertz CT molecular complexity index is 600. The van der Waals surface area contributed by atoms with Crippen LogP contribution in [0.2, 0.25) is 0 Å². The summed E-state index contributed by atoms with van der Waals surface area (Å²) in [5.74, 6) is 0.469. The number of imidazole rings is 1. The summed E-state index contributed by atoms with van der Waals surface area (Å²) < 4.78 is 28.1. The molecule has 124 valence electrons. The standard InChI is InChI=1S/C13H23N5O3S/c1-10-16-13(9-18(10)2)22(20,21)15-7-5-12(19)17-11-4-3-6-14-8-11/h9,11,14-15H,3-8H2,1-2H3,(H,17,19)/t11-/m0/s1. The number of nitrogens with zero attached hydrogens (tertiary/aromatic N) is 2.